The van der Waals surface area contributed by atoms with Gasteiger partial charge in [0.2, 0.25) is 0 Å². The minimum atomic E-state index is -0.273. The Kier molecular flexibility index (Phi) is 5.50. The van der Waals surface area contributed by atoms with Gasteiger partial charge in [0.25, 0.3) is 0 Å². The van der Waals surface area contributed by atoms with Gasteiger partial charge in [0.1, 0.15) is 23.5 Å². The van der Waals surface area contributed by atoms with Crippen molar-refractivity contribution in [1.29, 1.82) is 0 Å². The number of fused-ring (bicyclic) bond motifs is 3. The first-order chi connectivity index (χ1) is 16.5. The topological polar surface area (TPSA) is 54.0 Å². The van der Waals surface area contributed by atoms with Crippen molar-refractivity contribution in [2.45, 2.75) is 56.8 Å². The van der Waals surface area contributed by atoms with Gasteiger partial charge in [-0.2, -0.15) is 0 Å². The third-order valence-electron chi connectivity index (χ3n) is 7.30. The fourth-order valence-corrected chi connectivity index (χ4v) is 5.86. The maximum atomic E-state index is 13.9. The number of imidazole rings is 1. The number of aromatic nitrogens is 3. The van der Waals surface area contributed by atoms with Crippen molar-refractivity contribution in [1.82, 2.24) is 19.9 Å². The third kappa shape index (κ3) is 3.95. The molecule has 0 amide bonds. The summed E-state index contributed by atoms with van der Waals surface area (Å²) in [5, 5.41) is 1.46. The number of hydrogen-bond donors (Lipinski definition) is 1. The molecule has 2 aromatic carbocycles. The first kappa shape index (κ1) is 21.6. The SMILES string of the molecule is CC(c1ncc(-c2ccc(Cl)cc2)[nH]1)N1C2CCC1CC(Oc1ccnc3ccc(F)cc13)C2. The first-order valence-electron chi connectivity index (χ1n) is 11.8. The minimum Gasteiger partial charge on any atom is -0.490 e. The highest BCUT2D eigenvalue weighted by atomic mass is 35.5. The van der Waals surface area contributed by atoms with E-state index < -0.39 is 0 Å². The highest BCUT2D eigenvalue weighted by Crippen LogP contribution is 2.42. The van der Waals surface area contributed by atoms with Gasteiger partial charge in [-0.25, -0.2) is 9.37 Å². The van der Waals surface area contributed by atoms with Crippen molar-refractivity contribution in [2.24, 2.45) is 0 Å². The Bertz CT molecular complexity index is 1310. The number of piperidine rings is 1. The van der Waals surface area contributed by atoms with Crippen molar-refractivity contribution in [2.75, 3.05) is 0 Å². The highest BCUT2D eigenvalue weighted by molar-refractivity contribution is 6.30. The van der Waals surface area contributed by atoms with Gasteiger partial charge in [0.05, 0.1) is 23.4 Å². The lowest BCUT2D eigenvalue weighted by Gasteiger charge is -2.41. The average Bonchev–Trinajstić information content (AvgIpc) is 3.43. The monoisotopic (exact) mass is 476 g/mol. The zero-order valence-corrected chi connectivity index (χ0v) is 19.7. The Labute approximate surface area is 202 Å². The second-order valence-corrected chi connectivity index (χ2v) is 9.82. The van der Waals surface area contributed by atoms with E-state index in [0.29, 0.717) is 17.8 Å². The molecule has 0 aliphatic carbocycles. The van der Waals surface area contributed by atoms with E-state index in [1.807, 2.05) is 36.5 Å². The number of pyridine rings is 1. The minimum absolute atomic E-state index is 0.107. The lowest BCUT2D eigenvalue weighted by Crippen LogP contribution is -2.47. The van der Waals surface area contributed by atoms with E-state index in [-0.39, 0.29) is 18.0 Å². The second-order valence-electron chi connectivity index (χ2n) is 9.38. The van der Waals surface area contributed by atoms with E-state index >= 15 is 0 Å². The van der Waals surface area contributed by atoms with Gasteiger partial charge in [0.15, 0.2) is 0 Å². The van der Waals surface area contributed by atoms with E-state index in [4.69, 9.17) is 21.3 Å². The summed E-state index contributed by atoms with van der Waals surface area (Å²) in [4.78, 5) is 15.2. The standard InChI is InChI=1S/C27H26ClFN4O/c1-16(27-31-15-25(32-27)17-2-4-18(28)5-3-17)33-20-7-8-21(33)14-22(13-20)34-26-10-11-30-24-9-6-19(29)12-23(24)26/h2-6,9-12,15-16,20-22H,7-8,13-14H2,1H3,(H,31,32). The second kappa shape index (κ2) is 8.67. The van der Waals surface area contributed by atoms with Crippen LogP contribution in [-0.4, -0.2) is 38.0 Å². The molecule has 2 bridgehead atoms. The fraction of sp³-hybridized carbons (Fsp3) is 0.333. The quantitative estimate of drug-likeness (QED) is 0.354. The molecule has 0 spiro atoms. The van der Waals surface area contributed by atoms with Crippen LogP contribution in [0.4, 0.5) is 4.39 Å². The van der Waals surface area contributed by atoms with E-state index in [1.165, 1.54) is 12.1 Å². The average molecular weight is 477 g/mol. The van der Waals surface area contributed by atoms with Gasteiger partial charge in [-0.05, 0) is 74.6 Å². The zero-order valence-electron chi connectivity index (χ0n) is 18.9. The molecule has 174 valence electrons. The number of benzene rings is 2. The number of nitrogens with zero attached hydrogens (tertiary/aromatic N) is 3. The van der Waals surface area contributed by atoms with E-state index in [0.717, 1.165) is 58.7 Å². The molecule has 5 nitrogen and oxygen atoms in total. The molecule has 2 aromatic heterocycles. The van der Waals surface area contributed by atoms with Crippen molar-refractivity contribution in [3.8, 4) is 17.0 Å². The third-order valence-corrected chi connectivity index (χ3v) is 7.55. The molecule has 1 N–H and O–H groups in total. The Hall–Kier alpha value is -2.96. The van der Waals surface area contributed by atoms with Crippen molar-refractivity contribution in [3.05, 3.63) is 77.6 Å². The van der Waals surface area contributed by atoms with E-state index in [1.54, 1.807) is 12.3 Å². The molecule has 3 unspecified atom stereocenters. The number of H-pyrrole nitrogens is 1. The Balaban J connectivity index is 1.18. The summed E-state index contributed by atoms with van der Waals surface area (Å²) in [6, 6.07) is 15.4. The number of halogens is 2. The molecule has 4 aromatic rings. The number of nitrogens with one attached hydrogen (secondary N) is 1. The van der Waals surface area contributed by atoms with Crippen LogP contribution in [0.5, 0.6) is 5.75 Å². The van der Waals surface area contributed by atoms with Gasteiger partial charge in [-0.15, -0.1) is 0 Å². The Morgan fingerprint density at radius 1 is 1.06 bits per heavy atom. The molecule has 4 heterocycles. The summed E-state index contributed by atoms with van der Waals surface area (Å²) in [6.45, 7) is 2.23. The largest absolute Gasteiger partial charge is 0.490 e. The van der Waals surface area contributed by atoms with Gasteiger partial charge in [0, 0.05) is 28.7 Å². The summed E-state index contributed by atoms with van der Waals surface area (Å²) in [5.74, 6) is 1.43. The number of hydrogen-bond acceptors (Lipinski definition) is 4. The first-order valence-corrected chi connectivity index (χ1v) is 12.2. The van der Waals surface area contributed by atoms with Crippen LogP contribution < -0.4 is 4.74 Å². The van der Waals surface area contributed by atoms with Crippen LogP contribution in [0.25, 0.3) is 22.2 Å². The molecule has 6 rings (SSSR count). The van der Waals surface area contributed by atoms with Gasteiger partial charge >= 0.3 is 0 Å². The summed E-state index contributed by atoms with van der Waals surface area (Å²) in [6.07, 6.45) is 7.96. The smallest absolute Gasteiger partial charge is 0.130 e. The molecule has 0 radical (unpaired) electrons. The molecule has 2 aliphatic heterocycles. The number of rotatable bonds is 5. The van der Waals surface area contributed by atoms with Gasteiger partial charge in [-0.1, -0.05) is 23.7 Å². The summed E-state index contributed by atoms with van der Waals surface area (Å²) < 4.78 is 20.3. The van der Waals surface area contributed by atoms with Crippen LogP contribution in [0, 0.1) is 5.82 Å². The normalized spacial score (nSPS) is 23.3. The molecular weight excluding hydrogens is 451 g/mol. The van der Waals surface area contributed by atoms with Gasteiger partial charge < -0.3 is 9.72 Å². The lowest BCUT2D eigenvalue weighted by molar-refractivity contribution is 0.0240. The predicted molar refractivity (Wildman–Crippen MR) is 131 cm³/mol. The van der Waals surface area contributed by atoms with Crippen molar-refractivity contribution < 1.29 is 9.13 Å². The van der Waals surface area contributed by atoms with Crippen molar-refractivity contribution in [3.63, 3.8) is 0 Å². The molecule has 7 heteroatoms. The zero-order chi connectivity index (χ0) is 23.2. The fourth-order valence-electron chi connectivity index (χ4n) is 5.73. The summed E-state index contributed by atoms with van der Waals surface area (Å²) in [7, 11) is 0. The van der Waals surface area contributed by atoms with Crippen LogP contribution in [0.3, 0.4) is 0 Å². The Morgan fingerprint density at radius 2 is 1.82 bits per heavy atom. The molecule has 2 saturated heterocycles. The predicted octanol–water partition coefficient (Wildman–Crippen LogP) is 6.55. The van der Waals surface area contributed by atoms with Crippen molar-refractivity contribution >= 4 is 22.5 Å². The molecular formula is C27H26ClFN4O. The maximum absolute atomic E-state index is 13.9. The van der Waals surface area contributed by atoms with E-state index in [9.17, 15) is 4.39 Å². The highest BCUT2D eigenvalue weighted by Gasteiger charge is 2.44. The van der Waals surface area contributed by atoms with E-state index in [2.05, 4.69) is 21.8 Å². The maximum Gasteiger partial charge on any atom is 0.130 e. The van der Waals surface area contributed by atoms with Crippen LogP contribution in [-0.2, 0) is 0 Å². The molecule has 2 aliphatic rings. The molecule has 3 atom stereocenters. The Morgan fingerprint density at radius 3 is 2.59 bits per heavy atom. The molecule has 0 saturated carbocycles. The molecule has 2 fully saturated rings. The number of aromatic amines is 1. The van der Waals surface area contributed by atoms with Gasteiger partial charge in [-0.3, -0.25) is 9.88 Å². The van der Waals surface area contributed by atoms with Crippen LogP contribution in [0.15, 0.2) is 60.9 Å². The molecule has 34 heavy (non-hydrogen) atoms. The number of ether oxygens (including phenoxy) is 1. The van der Waals surface area contributed by atoms with Crippen LogP contribution in [0.1, 0.15) is 44.5 Å². The summed E-state index contributed by atoms with van der Waals surface area (Å²) in [5.41, 5.74) is 2.83. The van der Waals surface area contributed by atoms with Crippen LogP contribution >= 0.6 is 11.6 Å². The van der Waals surface area contributed by atoms with Crippen LogP contribution in [0.2, 0.25) is 5.02 Å². The summed E-state index contributed by atoms with van der Waals surface area (Å²) >= 11 is 6.03. The lowest BCUT2D eigenvalue weighted by atomic mass is 9.97.